The molecular formula is C28H26N4O. The van der Waals surface area contributed by atoms with Gasteiger partial charge in [-0.2, -0.15) is 0 Å². The Balaban J connectivity index is 1.74. The highest BCUT2D eigenvalue weighted by atomic mass is 16.1. The van der Waals surface area contributed by atoms with Crippen molar-refractivity contribution in [3.63, 3.8) is 0 Å². The van der Waals surface area contributed by atoms with Gasteiger partial charge in [-0.25, -0.2) is 0 Å². The van der Waals surface area contributed by atoms with Crippen LogP contribution in [-0.4, -0.2) is 19.1 Å². The Bertz CT molecular complexity index is 1490. The van der Waals surface area contributed by atoms with Crippen molar-refractivity contribution in [3.8, 4) is 22.3 Å². The van der Waals surface area contributed by atoms with Crippen molar-refractivity contribution < 1.29 is 0 Å². The minimum absolute atomic E-state index is 0.0154. The Labute approximate surface area is 193 Å². The average molecular weight is 435 g/mol. The smallest absolute Gasteiger partial charge is 0.253 e. The van der Waals surface area contributed by atoms with Crippen LogP contribution >= 0.6 is 0 Å². The van der Waals surface area contributed by atoms with Crippen LogP contribution in [-0.2, 0) is 7.05 Å². The number of nitrogens with zero attached hydrogens (tertiary/aromatic N) is 4. The van der Waals surface area contributed by atoms with Crippen LogP contribution in [0.1, 0.15) is 29.8 Å². The van der Waals surface area contributed by atoms with E-state index in [9.17, 15) is 4.79 Å². The molecule has 4 aromatic heterocycles. The van der Waals surface area contributed by atoms with Gasteiger partial charge in [0.25, 0.3) is 5.56 Å². The fourth-order valence-corrected chi connectivity index (χ4v) is 4.35. The van der Waals surface area contributed by atoms with Crippen molar-refractivity contribution in [3.05, 3.63) is 107 Å². The number of rotatable bonds is 4. The second-order valence-electron chi connectivity index (χ2n) is 8.67. The van der Waals surface area contributed by atoms with Crippen LogP contribution in [0.4, 0.5) is 0 Å². The lowest BCUT2D eigenvalue weighted by atomic mass is 10.0. The molecule has 0 spiro atoms. The maximum absolute atomic E-state index is 12.2. The lowest BCUT2D eigenvalue weighted by Crippen LogP contribution is -2.18. The molecule has 5 aromatic rings. The molecule has 0 radical (unpaired) electrons. The molecule has 0 saturated heterocycles. The second-order valence-corrected chi connectivity index (χ2v) is 8.67. The van der Waals surface area contributed by atoms with Crippen molar-refractivity contribution in [2.75, 3.05) is 0 Å². The molecule has 0 aliphatic rings. The Morgan fingerprint density at radius 3 is 2.36 bits per heavy atom. The molecular weight excluding hydrogens is 408 g/mol. The summed E-state index contributed by atoms with van der Waals surface area (Å²) in [5, 5.41) is 0. The summed E-state index contributed by atoms with van der Waals surface area (Å²) < 4.78 is 3.88. The third kappa shape index (κ3) is 3.76. The molecule has 0 N–H and O–H groups in total. The molecule has 0 aliphatic carbocycles. The van der Waals surface area contributed by atoms with E-state index < -0.39 is 0 Å². The van der Waals surface area contributed by atoms with Crippen LogP contribution in [0.2, 0.25) is 0 Å². The summed E-state index contributed by atoms with van der Waals surface area (Å²) in [6, 6.07) is 18.7. The van der Waals surface area contributed by atoms with E-state index in [1.165, 1.54) is 5.56 Å². The number of hydrogen-bond acceptors (Lipinski definition) is 3. The predicted octanol–water partition coefficient (Wildman–Crippen LogP) is 5.69. The Kier molecular flexibility index (Phi) is 5.17. The van der Waals surface area contributed by atoms with E-state index >= 15 is 0 Å². The fraction of sp³-hybridized carbons (Fsp3) is 0.179. The molecule has 0 amide bonds. The first-order chi connectivity index (χ1) is 15.9. The number of aromatic nitrogens is 4. The van der Waals surface area contributed by atoms with Crippen LogP contribution < -0.4 is 5.56 Å². The van der Waals surface area contributed by atoms with Gasteiger partial charge in [-0.3, -0.25) is 14.8 Å². The standard InChI is InChI=1S/C28H26N4O/c1-18-8-10-21(11-9-18)24-17-32(20(3)25-7-5-6-12-29-25)26-14-22(15-30-27(24)26)23-13-19(2)28(33)31(4)16-23/h5-17,20H,1-4H3/t20-/m0/s1. The van der Waals surface area contributed by atoms with Crippen LogP contribution in [0, 0.1) is 13.8 Å². The summed E-state index contributed by atoms with van der Waals surface area (Å²) in [4.78, 5) is 21.7. The molecule has 0 aliphatic heterocycles. The topological polar surface area (TPSA) is 52.7 Å². The quantitative estimate of drug-likeness (QED) is 0.365. The molecule has 164 valence electrons. The Morgan fingerprint density at radius 1 is 0.879 bits per heavy atom. The van der Waals surface area contributed by atoms with E-state index in [4.69, 9.17) is 4.98 Å². The average Bonchev–Trinajstić information content (AvgIpc) is 3.21. The third-order valence-corrected chi connectivity index (χ3v) is 6.26. The van der Waals surface area contributed by atoms with Gasteiger partial charge in [0, 0.05) is 54.1 Å². The molecule has 1 aromatic carbocycles. The molecule has 33 heavy (non-hydrogen) atoms. The van der Waals surface area contributed by atoms with Crippen molar-refractivity contribution in [1.29, 1.82) is 0 Å². The van der Waals surface area contributed by atoms with Gasteiger partial charge in [0.2, 0.25) is 0 Å². The molecule has 5 nitrogen and oxygen atoms in total. The number of benzene rings is 1. The predicted molar refractivity (Wildman–Crippen MR) is 133 cm³/mol. The summed E-state index contributed by atoms with van der Waals surface area (Å²) in [6.45, 7) is 6.10. The number of hydrogen-bond donors (Lipinski definition) is 0. The van der Waals surface area contributed by atoms with E-state index in [0.717, 1.165) is 39.0 Å². The number of pyridine rings is 3. The lowest BCUT2D eigenvalue weighted by Gasteiger charge is -2.15. The Morgan fingerprint density at radius 2 is 1.67 bits per heavy atom. The SMILES string of the molecule is Cc1ccc(-c2cn([C@@H](C)c3ccccn3)c3cc(-c4cc(C)c(=O)n(C)c4)cnc23)cc1. The maximum atomic E-state index is 12.2. The number of fused-ring (bicyclic) bond motifs is 1. The van der Waals surface area contributed by atoms with Gasteiger partial charge < -0.3 is 9.13 Å². The summed E-state index contributed by atoms with van der Waals surface area (Å²) in [5.74, 6) is 0. The highest BCUT2D eigenvalue weighted by Gasteiger charge is 2.18. The first-order valence-electron chi connectivity index (χ1n) is 11.1. The van der Waals surface area contributed by atoms with E-state index in [-0.39, 0.29) is 11.6 Å². The zero-order valence-corrected chi connectivity index (χ0v) is 19.3. The third-order valence-electron chi connectivity index (χ3n) is 6.26. The first kappa shape index (κ1) is 20.9. The molecule has 0 bridgehead atoms. The minimum atomic E-state index is 0.0154. The van der Waals surface area contributed by atoms with Gasteiger partial charge >= 0.3 is 0 Å². The van der Waals surface area contributed by atoms with Crippen molar-refractivity contribution >= 4 is 11.0 Å². The van der Waals surface area contributed by atoms with E-state index in [0.29, 0.717) is 5.56 Å². The largest absolute Gasteiger partial charge is 0.337 e. The monoisotopic (exact) mass is 434 g/mol. The van der Waals surface area contributed by atoms with Crippen LogP contribution in [0.5, 0.6) is 0 Å². The van der Waals surface area contributed by atoms with Crippen molar-refractivity contribution in [2.24, 2.45) is 7.05 Å². The normalized spacial score (nSPS) is 12.2. The van der Waals surface area contributed by atoms with Gasteiger partial charge in [-0.15, -0.1) is 0 Å². The van der Waals surface area contributed by atoms with E-state index in [2.05, 4.69) is 66.0 Å². The van der Waals surface area contributed by atoms with E-state index in [1.54, 1.807) is 11.6 Å². The van der Waals surface area contributed by atoms with Gasteiger partial charge in [-0.05, 0) is 50.6 Å². The first-order valence-corrected chi connectivity index (χ1v) is 11.1. The summed E-state index contributed by atoms with van der Waals surface area (Å²) in [7, 11) is 1.78. The Hall–Kier alpha value is -3.99. The summed E-state index contributed by atoms with van der Waals surface area (Å²) in [6.07, 6.45) is 7.77. The van der Waals surface area contributed by atoms with Gasteiger partial charge in [-0.1, -0.05) is 35.9 Å². The zero-order chi connectivity index (χ0) is 23.1. The van der Waals surface area contributed by atoms with Crippen molar-refractivity contribution in [1.82, 2.24) is 19.1 Å². The molecule has 4 heterocycles. The van der Waals surface area contributed by atoms with E-state index in [1.807, 2.05) is 43.7 Å². The van der Waals surface area contributed by atoms with Crippen molar-refractivity contribution in [2.45, 2.75) is 26.8 Å². The zero-order valence-electron chi connectivity index (χ0n) is 19.3. The highest BCUT2D eigenvalue weighted by Crippen LogP contribution is 2.35. The summed E-state index contributed by atoms with van der Waals surface area (Å²) in [5.41, 5.74) is 9.11. The molecule has 1 atom stereocenters. The van der Waals surface area contributed by atoms with Gasteiger partial charge in [0.05, 0.1) is 22.8 Å². The minimum Gasteiger partial charge on any atom is -0.337 e. The van der Waals surface area contributed by atoms with Crippen LogP contribution in [0.15, 0.2) is 84.2 Å². The van der Waals surface area contributed by atoms with Crippen LogP contribution in [0.3, 0.4) is 0 Å². The fourth-order valence-electron chi connectivity index (χ4n) is 4.35. The molecule has 5 rings (SSSR count). The lowest BCUT2D eigenvalue weighted by molar-refractivity contribution is 0.644. The van der Waals surface area contributed by atoms with Gasteiger partial charge in [0.15, 0.2) is 0 Å². The molecule has 0 unspecified atom stereocenters. The highest BCUT2D eigenvalue weighted by molar-refractivity contribution is 5.95. The summed E-state index contributed by atoms with van der Waals surface area (Å²) >= 11 is 0. The second kappa shape index (κ2) is 8.17. The maximum Gasteiger partial charge on any atom is 0.253 e. The molecule has 0 fully saturated rings. The molecule has 5 heteroatoms. The van der Waals surface area contributed by atoms with Gasteiger partial charge in [0.1, 0.15) is 0 Å². The molecule has 0 saturated carbocycles. The van der Waals surface area contributed by atoms with Crippen LogP contribution in [0.25, 0.3) is 33.3 Å². The number of aryl methyl sites for hydroxylation is 3.